The Kier molecular flexibility index (Phi) is 4.99. The monoisotopic (exact) mass is 211 g/mol. The molecule has 0 unspecified atom stereocenters. The fourth-order valence-electron chi connectivity index (χ4n) is 1.54. The van der Waals surface area contributed by atoms with Crippen LogP contribution in [0.5, 0.6) is 0 Å². The molecule has 0 bridgehead atoms. The summed E-state index contributed by atoms with van der Waals surface area (Å²) in [6.45, 7) is 5.43. The number of benzene rings is 1. The molecule has 1 aromatic carbocycles. The standard InChI is InChI=1S/C12H18ClN/c1-3-8-14-12(4-2)10-6-5-7-11(13)9-10/h5-7,9,12,14H,3-4,8H2,1-2H3/t12-/m1/s1. The van der Waals surface area contributed by atoms with Crippen molar-refractivity contribution >= 4 is 11.6 Å². The third kappa shape index (κ3) is 3.32. The van der Waals surface area contributed by atoms with Crippen LogP contribution >= 0.6 is 11.6 Å². The minimum absolute atomic E-state index is 0.439. The van der Waals surface area contributed by atoms with Gasteiger partial charge in [-0.3, -0.25) is 0 Å². The minimum Gasteiger partial charge on any atom is -0.310 e. The van der Waals surface area contributed by atoms with Gasteiger partial charge in [0.2, 0.25) is 0 Å². The number of rotatable bonds is 5. The average Bonchev–Trinajstić information content (AvgIpc) is 2.19. The molecule has 14 heavy (non-hydrogen) atoms. The normalized spacial score (nSPS) is 12.8. The second-order valence-electron chi connectivity index (χ2n) is 3.47. The predicted octanol–water partition coefficient (Wildman–Crippen LogP) is 3.79. The summed E-state index contributed by atoms with van der Waals surface area (Å²) in [5.41, 5.74) is 1.29. The maximum Gasteiger partial charge on any atom is 0.0409 e. The second kappa shape index (κ2) is 6.05. The van der Waals surface area contributed by atoms with E-state index in [-0.39, 0.29) is 0 Å². The van der Waals surface area contributed by atoms with E-state index in [2.05, 4.69) is 25.2 Å². The summed E-state index contributed by atoms with van der Waals surface area (Å²) in [5.74, 6) is 0. The summed E-state index contributed by atoms with van der Waals surface area (Å²) >= 11 is 5.95. The molecule has 0 fully saturated rings. The molecule has 1 rings (SSSR count). The molecule has 0 aliphatic heterocycles. The van der Waals surface area contributed by atoms with Crippen LogP contribution in [0.1, 0.15) is 38.3 Å². The molecule has 0 aliphatic carbocycles. The van der Waals surface area contributed by atoms with Crippen molar-refractivity contribution in [3.63, 3.8) is 0 Å². The third-order valence-electron chi connectivity index (χ3n) is 2.30. The second-order valence-corrected chi connectivity index (χ2v) is 3.91. The van der Waals surface area contributed by atoms with E-state index in [0.717, 1.165) is 24.4 Å². The van der Waals surface area contributed by atoms with Gasteiger partial charge in [-0.05, 0) is 37.1 Å². The highest BCUT2D eigenvalue weighted by Crippen LogP contribution is 2.19. The summed E-state index contributed by atoms with van der Waals surface area (Å²) in [6, 6.07) is 8.53. The molecule has 1 nitrogen and oxygen atoms in total. The fourth-order valence-corrected chi connectivity index (χ4v) is 1.74. The van der Waals surface area contributed by atoms with Crippen molar-refractivity contribution in [3.8, 4) is 0 Å². The lowest BCUT2D eigenvalue weighted by atomic mass is 10.0. The molecule has 1 atom stereocenters. The van der Waals surface area contributed by atoms with E-state index in [4.69, 9.17) is 11.6 Å². The third-order valence-corrected chi connectivity index (χ3v) is 2.54. The lowest BCUT2D eigenvalue weighted by Gasteiger charge is -2.17. The highest BCUT2D eigenvalue weighted by atomic mass is 35.5. The van der Waals surface area contributed by atoms with Gasteiger partial charge in [0.05, 0.1) is 0 Å². The van der Waals surface area contributed by atoms with Crippen LogP contribution in [0.15, 0.2) is 24.3 Å². The van der Waals surface area contributed by atoms with Gasteiger partial charge in [-0.25, -0.2) is 0 Å². The van der Waals surface area contributed by atoms with E-state index in [1.807, 2.05) is 18.2 Å². The predicted molar refractivity (Wildman–Crippen MR) is 62.8 cm³/mol. The number of hydrogen-bond donors (Lipinski definition) is 1. The Bertz CT molecular complexity index is 273. The Morgan fingerprint density at radius 1 is 1.36 bits per heavy atom. The SMILES string of the molecule is CCCN[C@H](CC)c1cccc(Cl)c1. The highest BCUT2D eigenvalue weighted by Gasteiger charge is 2.07. The maximum atomic E-state index is 5.95. The smallest absolute Gasteiger partial charge is 0.0409 e. The topological polar surface area (TPSA) is 12.0 Å². The van der Waals surface area contributed by atoms with Crippen LogP contribution in [-0.4, -0.2) is 6.54 Å². The molecular formula is C12H18ClN. The first kappa shape index (κ1) is 11.5. The van der Waals surface area contributed by atoms with Crippen LogP contribution < -0.4 is 5.32 Å². The van der Waals surface area contributed by atoms with Gasteiger partial charge in [0.1, 0.15) is 0 Å². The molecule has 2 heteroatoms. The summed E-state index contributed by atoms with van der Waals surface area (Å²) in [4.78, 5) is 0. The lowest BCUT2D eigenvalue weighted by Crippen LogP contribution is -2.21. The zero-order valence-corrected chi connectivity index (χ0v) is 9.64. The quantitative estimate of drug-likeness (QED) is 0.782. The number of halogens is 1. The summed E-state index contributed by atoms with van der Waals surface area (Å²) < 4.78 is 0. The first-order chi connectivity index (χ1) is 6.77. The van der Waals surface area contributed by atoms with Gasteiger partial charge < -0.3 is 5.32 Å². The zero-order valence-electron chi connectivity index (χ0n) is 8.89. The molecule has 0 aliphatic rings. The zero-order chi connectivity index (χ0) is 10.4. The first-order valence-electron chi connectivity index (χ1n) is 5.26. The molecule has 0 saturated carbocycles. The Hall–Kier alpha value is -0.530. The van der Waals surface area contributed by atoms with E-state index in [1.54, 1.807) is 0 Å². The molecule has 0 saturated heterocycles. The van der Waals surface area contributed by atoms with Crippen molar-refractivity contribution in [2.24, 2.45) is 0 Å². The van der Waals surface area contributed by atoms with Gasteiger partial charge in [0.15, 0.2) is 0 Å². The van der Waals surface area contributed by atoms with Gasteiger partial charge in [0.25, 0.3) is 0 Å². The van der Waals surface area contributed by atoms with Crippen molar-refractivity contribution in [2.45, 2.75) is 32.7 Å². The Balaban J connectivity index is 2.68. The minimum atomic E-state index is 0.439. The molecule has 78 valence electrons. The molecule has 0 radical (unpaired) electrons. The van der Waals surface area contributed by atoms with Crippen molar-refractivity contribution in [3.05, 3.63) is 34.9 Å². The van der Waals surface area contributed by atoms with Crippen molar-refractivity contribution in [1.82, 2.24) is 5.32 Å². The highest BCUT2D eigenvalue weighted by molar-refractivity contribution is 6.30. The molecule has 0 amide bonds. The van der Waals surface area contributed by atoms with Gasteiger partial charge in [-0.15, -0.1) is 0 Å². The van der Waals surface area contributed by atoms with Crippen LogP contribution in [0, 0.1) is 0 Å². The van der Waals surface area contributed by atoms with Crippen molar-refractivity contribution in [1.29, 1.82) is 0 Å². The Labute approximate surface area is 91.5 Å². The van der Waals surface area contributed by atoms with Crippen LogP contribution in [-0.2, 0) is 0 Å². The molecule has 1 N–H and O–H groups in total. The van der Waals surface area contributed by atoms with Crippen molar-refractivity contribution < 1.29 is 0 Å². The molecule has 0 spiro atoms. The average molecular weight is 212 g/mol. The summed E-state index contributed by atoms with van der Waals surface area (Å²) in [6.07, 6.45) is 2.26. The van der Waals surface area contributed by atoms with E-state index in [9.17, 15) is 0 Å². The van der Waals surface area contributed by atoms with Gasteiger partial charge in [0, 0.05) is 11.1 Å². The van der Waals surface area contributed by atoms with Crippen molar-refractivity contribution in [2.75, 3.05) is 6.54 Å². The van der Waals surface area contributed by atoms with E-state index >= 15 is 0 Å². The molecular weight excluding hydrogens is 194 g/mol. The first-order valence-corrected chi connectivity index (χ1v) is 5.64. The number of hydrogen-bond acceptors (Lipinski definition) is 1. The number of nitrogens with one attached hydrogen (secondary N) is 1. The maximum absolute atomic E-state index is 5.95. The van der Waals surface area contributed by atoms with Crippen LogP contribution in [0.25, 0.3) is 0 Å². The fraction of sp³-hybridized carbons (Fsp3) is 0.500. The molecule has 0 heterocycles. The van der Waals surface area contributed by atoms with E-state index in [0.29, 0.717) is 6.04 Å². The summed E-state index contributed by atoms with van der Waals surface area (Å²) in [5, 5.41) is 4.32. The van der Waals surface area contributed by atoms with Gasteiger partial charge >= 0.3 is 0 Å². The molecule has 1 aromatic rings. The van der Waals surface area contributed by atoms with Crippen LogP contribution in [0.3, 0.4) is 0 Å². The summed E-state index contributed by atoms with van der Waals surface area (Å²) in [7, 11) is 0. The Morgan fingerprint density at radius 3 is 2.71 bits per heavy atom. The Morgan fingerprint density at radius 2 is 2.14 bits per heavy atom. The van der Waals surface area contributed by atoms with Gasteiger partial charge in [-0.1, -0.05) is 37.6 Å². The van der Waals surface area contributed by atoms with E-state index < -0.39 is 0 Å². The largest absolute Gasteiger partial charge is 0.310 e. The lowest BCUT2D eigenvalue weighted by molar-refractivity contribution is 0.518. The van der Waals surface area contributed by atoms with Crippen LogP contribution in [0.2, 0.25) is 5.02 Å². The van der Waals surface area contributed by atoms with Crippen LogP contribution in [0.4, 0.5) is 0 Å². The van der Waals surface area contributed by atoms with Gasteiger partial charge in [-0.2, -0.15) is 0 Å². The molecule has 0 aromatic heterocycles. The van der Waals surface area contributed by atoms with E-state index in [1.165, 1.54) is 5.56 Å².